The molecule has 3 aliphatic rings. The molecule has 0 spiro atoms. The van der Waals surface area contributed by atoms with Gasteiger partial charge in [-0.2, -0.15) is 5.10 Å². The van der Waals surface area contributed by atoms with Crippen LogP contribution in [0.15, 0.2) is 36.8 Å². The lowest BCUT2D eigenvalue weighted by Gasteiger charge is -2.43. The number of hydrogen-bond acceptors (Lipinski definition) is 8. The van der Waals surface area contributed by atoms with E-state index >= 15 is 0 Å². The Labute approximate surface area is 225 Å². The maximum Gasteiger partial charge on any atom is 0.261 e. The summed E-state index contributed by atoms with van der Waals surface area (Å²) in [4.78, 5) is 36.9. The molecular formula is C27H32FN7O4. The summed E-state index contributed by atoms with van der Waals surface area (Å²) in [5.74, 6) is -0.643. The molecule has 2 aromatic heterocycles. The van der Waals surface area contributed by atoms with Crippen molar-refractivity contribution in [1.82, 2.24) is 24.4 Å². The zero-order valence-electron chi connectivity index (χ0n) is 22.0. The van der Waals surface area contributed by atoms with Gasteiger partial charge >= 0.3 is 0 Å². The van der Waals surface area contributed by atoms with Crippen molar-refractivity contribution in [3.05, 3.63) is 53.5 Å². The third-order valence-corrected chi connectivity index (χ3v) is 7.81. The molecule has 3 aromatic rings. The highest BCUT2D eigenvalue weighted by atomic mass is 19.1. The van der Waals surface area contributed by atoms with Crippen LogP contribution in [-0.2, 0) is 11.3 Å². The van der Waals surface area contributed by atoms with Crippen molar-refractivity contribution in [2.75, 3.05) is 56.2 Å². The molecule has 39 heavy (non-hydrogen) atoms. The second-order valence-corrected chi connectivity index (χ2v) is 10.9. The number of carbonyl (C=O) groups excluding carboxylic acids is 2. The number of halogens is 1. The van der Waals surface area contributed by atoms with E-state index in [0.29, 0.717) is 34.1 Å². The fraction of sp³-hybridized carbons (Fsp3) is 0.481. The first-order valence-electron chi connectivity index (χ1n) is 13.2. The number of nitrogens with zero attached hydrogens (tertiary/aromatic N) is 6. The van der Waals surface area contributed by atoms with Crippen LogP contribution in [0, 0.1) is 0 Å². The molecule has 0 saturated carbocycles. The minimum atomic E-state index is -1.60. The van der Waals surface area contributed by atoms with Crippen LogP contribution in [0.4, 0.5) is 15.8 Å². The standard InChI is InChI=1S/C27H32FN7O4/c1-27(2,38)23(28)14-34-13-17-10-21(31-25(36)20-12-30-35-5-3-4-29-24(20)35)22(11-19(17)26(34)37)33-8-6-32(7-9-33)18-15-39-16-18/h3-5,10-12,18,23,38H,6-9,13-16H2,1-2H3,(H,31,36)/t23-/m1/s1. The maximum absolute atomic E-state index is 14.7. The lowest BCUT2D eigenvalue weighted by atomic mass is 10.0. The Kier molecular flexibility index (Phi) is 6.48. The zero-order chi connectivity index (χ0) is 27.3. The topological polar surface area (TPSA) is 116 Å². The van der Waals surface area contributed by atoms with Crippen LogP contribution in [-0.4, -0.2) is 105 Å². The molecule has 0 aliphatic carbocycles. The molecule has 11 nitrogen and oxygen atoms in total. The van der Waals surface area contributed by atoms with E-state index in [1.165, 1.54) is 29.5 Å². The molecule has 5 heterocycles. The molecule has 2 N–H and O–H groups in total. The molecule has 12 heteroatoms. The molecule has 0 unspecified atom stereocenters. The number of aliphatic hydroxyl groups is 1. The minimum absolute atomic E-state index is 0.196. The van der Waals surface area contributed by atoms with Gasteiger partial charge in [0.25, 0.3) is 11.8 Å². The van der Waals surface area contributed by atoms with Gasteiger partial charge in [0.15, 0.2) is 5.65 Å². The summed E-state index contributed by atoms with van der Waals surface area (Å²) in [7, 11) is 0. The fourth-order valence-electron chi connectivity index (χ4n) is 5.28. The number of ether oxygens (including phenoxy) is 1. The minimum Gasteiger partial charge on any atom is -0.387 e. The van der Waals surface area contributed by atoms with Crippen molar-refractivity contribution in [2.24, 2.45) is 0 Å². The molecule has 3 aliphatic heterocycles. The molecule has 2 amide bonds. The first-order valence-corrected chi connectivity index (χ1v) is 13.2. The highest BCUT2D eigenvalue weighted by Gasteiger charge is 2.36. The van der Waals surface area contributed by atoms with E-state index in [0.717, 1.165) is 45.1 Å². The summed E-state index contributed by atoms with van der Waals surface area (Å²) in [5, 5.41) is 17.3. The Bertz CT molecular complexity index is 1410. The van der Waals surface area contributed by atoms with Gasteiger partial charge in [0.1, 0.15) is 11.7 Å². The van der Waals surface area contributed by atoms with E-state index in [2.05, 4.69) is 25.2 Å². The summed E-state index contributed by atoms with van der Waals surface area (Å²) < 4.78 is 21.5. The average molecular weight is 538 g/mol. The second kappa shape index (κ2) is 9.85. The van der Waals surface area contributed by atoms with Crippen molar-refractivity contribution in [3.8, 4) is 0 Å². The summed E-state index contributed by atoms with van der Waals surface area (Å²) in [6, 6.07) is 5.79. The van der Waals surface area contributed by atoms with Crippen molar-refractivity contribution in [1.29, 1.82) is 0 Å². The van der Waals surface area contributed by atoms with Gasteiger partial charge in [0.2, 0.25) is 0 Å². The summed E-state index contributed by atoms with van der Waals surface area (Å²) in [6.45, 7) is 7.38. The lowest BCUT2D eigenvalue weighted by molar-refractivity contribution is -0.0660. The summed E-state index contributed by atoms with van der Waals surface area (Å²) in [5.41, 5.74) is 1.71. The number of rotatable bonds is 7. The predicted octanol–water partition coefficient (Wildman–Crippen LogP) is 1.57. The second-order valence-electron chi connectivity index (χ2n) is 10.9. The molecule has 2 saturated heterocycles. The van der Waals surface area contributed by atoms with E-state index < -0.39 is 11.8 Å². The van der Waals surface area contributed by atoms with Crippen LogP contribution in [0.2, 0.25) is 0 Å². The highest BCUT2D eigenvalue weighted by Crippen LogP contribution is 2.36. The Morgan fingerprint density at radius 1 is 1.26 bits per heavy atom. The van der Waals surface area contributed by atoms with Gasteiger partial charge in [-0.3, -0.25) is 14.5 Å². The first kappa shape index (κ1) is 25.7. The number of nitrogens with one attached hydrogen (secondary N) is 1. The number of amides is 2. The molecule has 1 aromatic carbocycles. The van der Waals surface area contributed by atoms with Crippen molar-refractivity contribution >= 4 is 28.8 Å². The normalized spacial score (nSPS) is 19.3. The number of anilines is 2. The first-order chi connectivity index (χ1) is 18.7. The molecular weight excluding hydrogens is 505 g/mol. The molecule has 206 valence electrons. The van der Waals surface area contributed by atoms with Crippen molar-refractivity contribution in [3.63, 3.8) is 0 Å². The molecule has 0 radical (unpaired) electrons. The van der Waals surface area contributed by atoms with Crippen molar-refractivity contribution < 1.29 is 23.8 Å². The molecule has 1 atom stereocenters. The van der Waals surface area contributed by atoms with E-state index in [4.69, 9.17) is 4.74 Å². The van der Waals surface area contributed by atoms with Gasteiger partial charge in [-0.15, -0.1) is 0 Å². The van der Waals surface area contributed by atoms with Gasteiger partial charge in [-0.25, -0.2) is 13.9 Å². The fourth-order valence-corrected chi connectivity index (χ4v) is 5.28. The van der Waals surface area contributed by atoms with Crippen LogP contribution in [0.5, 0.6) is 0 Å². The van der Waals surface area contributed by atoms with E-state index in [9.17, 15) is 19.1 Å². The maximum atomic E-state index is 14.7. The van der Waals surface area contributed by atoms with Crippen LogP contribution in [0.25, 0.3) is 5.65 Å². The number of carbonyl (C=O) groups is 2. The quantitative estimate of drug-likeness (QED) is 0.467. The Morgan fingerprint density at radius 3 is 2.72 bits per heavy atom. The third-order valence-electron chi connectivity index (χ3n) is 7.81. The highest BCUT2D eigenvalue weighted by molar-refractivity contribution is 6.10. The van der Waals surface area contributed by atoms with Gasteiger partial charge in [-0.05, 0) is 37.6 Å². The van der Waals surface area contributed by atoms with Gasteiger partial charge in [0.05, 0.1) is 49.0 Å². The number of hydrogen-bond donors (Lipinski definition) is 2. The van der Waals surface area contributed by atoms with Crippen LogP contribution >= 0.6 is 0 Å². The number of fused-ring (bicyclic) bond motifs is 2. The Hall–Kier alpha value is -3.61. The van der Waals surface area contributed by atoms with E-state index in [1.54, 1.807) is 24.5 Å². The van der Waals surface area contributed by atoms with Crippen LogP contribution < -0.4 is 10.2 Å². The largest absolute Gasteiger partial charge is 0.387 e. The molecule has 6 rings (SSSR count). The van der Waals surface area contributed by atoms with Crippen molar-refractivity contribution in [2.45, 2.75) is 38.2 Å². The summed E-state index contributed by atoms with van der Waals surface area (Å²) >= 11 is 0. The zero-order valence-corrected chi connectivity index (χ0v) is 22.0. The number of benzene rings is 1. The average Bonchev–Trinajstić information content (AvgIpc) is 3.43. The van der Waals surface area contributed by atoms with E-state index in [-0.39, 0.29) is 24.9 Å². The Balaban J connectivity index is 1.30. The van der Waals surface area contributed by atoms with Gasteiger partial charge in [-0.1, -0.05) is 0 Å². The number of alkyl halides is 1. The number of aromatic nitrogens is 3. The SMILES string of the molecule is CC(C)(O)[C@H](F)CN1Cc2cc(NC(=O)c3cnn4cccnc34)c(N3CCN(C4COC4)CC3)cc2C1=O. The predicted molar refractivity (Wildman–Crippen MR) is 142 cm³/mol. The molecule has 2 fully saturated rings. The smallest absolute Gasteiger partial charge is 0.261 e. The third kappa shape index (κ3) is 4.83. The lowest BCUT2D eigenvalue weighted by Crippen LogP contribution is -2.56. The van der Waals surface area contributed by atoms with Gasteiger partial charge in [0, 0.05) is 50.7 Å². The van der Waals surface area contributed by atoms with Crippen LogP contribution in [0.3, 0.4) is 0 Å². The van der Waals surface area contributed by atoms with E-state index in [1.807, 2.05) is 6.07 Å². The monoisotopic (exact) mass is 537 g/mol. The Morgan fingerprint density at radius 2 is 2.03 bits per heavy atom. The number of piperazine rings is 1. The summed E-state index contributed by atoms with van der Waals surface area (Å²) in [6.07, 6.45) is 3.21. The van der Waals surface area contributed by atoms with Crippen LogP contribution in [0.1, 0.15) is 40.1 Å². The van der Waals surface area contributed by atoms with Gasteiger partial charge < -0.3 is 25.0 Å². The molecule has 0 bridgehead atoms.